The van der Waals surface area contributed by atoms with Gasteiger partial charge in [-0.25, -0.2) is 0 Å². The minimum absolute atomic E-state index is 1.08. The van der Waals surface area contributed by atoms with Crippen molar-refractivity contribution < 1.29 is 0 Å². The highest BCUT2D eigenvalue weighted by Gasteiger charge is 2.22. The molecular formula is C62H43N. The van der Waals surface area contributed by atoms with E-state index in [1.165, 1.54) is 77.2 Å². The third kappa shape index (κ3) is 7.16. The molecule has 0 aliphatic heterocycles. The number of nitrogens with zero attached hydrogens (tertiary/aromatic N) is 1. The molecule has 0 aliphatic carbocycles. The highest BCUT2D eigenvalue weighted by atomic mass is 15.1. The molecule has 0 heterocycles. The van der Waals surface area contributed by atoms with E-state index in [1.54, 1.807) is 0 Å². The van der Waals surface area contributed by atoms with Crippen molar-refractivity contribution in [1.29, 1.82) is 0 Å². The fraction of sp³-hybridized carbons (Fsp3) is 0. The van der Waals surface area contributed by atoms with Crippen molar-refractivity contribution in [1.82, 2.24) is 0 Å². The smallest absolute Gasteiger partial charge is 0.0540 e. The zero-order valence-electron chi connectivity index (χ0n) is 34.8. The summed E-state index contributed by atoms with van der Waals surface area (Å²) >= 11 is 0. The van der Waals surface area contributed by atoms with E-state index in [9.17, 15) is 0 Å². The molecule has 0 spiro atoms. The van der Waals surface area contributed by atoms with E-state index in [0.717, 1.165) is 28.2 Å². The predicted molar refractivity (Wildman–Crippen MR) is 269 cm³/mol. The predicted octanol–water partition coefficient (Wildman–Crippen LogP) is 17.5. The van der Waals surface area contributed by atoms with Crippen molar-refractivity contribution in [3.63, 3.8) is 0 Å². The molecule has 0 aromatic heterocycles. The second-order valence-corrected chi connectivity index (χ2v) is 16.0. The van der Waals surface area contributed by atoms with E-state index in [4.69, 9.17) is 0 Å². The molecular weight excluding hydrogens is 759 g/mol. The zero-order valence-corrected chi connectivity index (χ0v) is 34.8. The van der Waals surface area contributed by atoms with Gasteiger partial charge in [0.2, 0.25) is 0 Å². The first kappa shape index (κ1) is 37.7. The number of fused-ring (bicyclic) bond motifs is 3. The van der Waals surface area contributed by atoms with E-state index < -0.39 is 0 Å². The Hall–Kier alpha value is -8.26. The summed E-state index contributed by atoms with van der Waals surface area (Å²) in [6.45, 7) is 0. The lowest BCUT2D eigenvalue weighted by molar-refractivity contribution is 1.29. The summed E-state index contributed by atoms with van der Waals surface area (Å²) in [5, 5.41) is 4.93. The lowest BCUT2D eigenvalue weighted by atomic mass is 9.85. The van der Waals surface area contributed by atoms with Crippen molar-refractivity contribution in [2.45, 2.75) is 0 Å². The Morgan fingerprint density at radius 3 is 1.25 bits per heavy atom. The van der Waals surface area contributed by atoms with Gasteiger partial charge in [0.05, 0.1) is 5.69 Å². The van der Waals surface area contributed by atoms with Gasteiger partial charge >= 0.3 is 0 Å². The molecule has 0 amide bonds. The van der Waals surface area contributed by atoms with Gasteiger partial charge in [0.15, 0.2) is 0 Å². The van der Waals surface area contributed by atoms with Crippen LogP contribution in [0.1, 0.15) is 0 Å². The van der Waals surface area contributed by atoms with Crippen LogP contribution in [0.4, 0.5) is 17.1 Å². The monoisotopic (exact) mass is 801 g/mol. The largest absolute Gasteiger partial charge is 0.310 e. The van der Waals surface area contributed by atoms with Gasteiger partial charge in [-0.3, -0.25) is 0 Å². The lowest BCUT2D eigenvalue weighted by Gasteiger charge is -2.29. The quantitative estimate of drug-likeness (QED) is 0.131. The lowest BCUT2D eigenvalue weighted by Crippen LogP contribution is -2.11. The molecule has 0 saturated heterocycles. The number of hydrogen-bond donors (Lipinski definition) is 0. The second kappa shape index (κ2) is 16.7. The maximum absolute atomic E-state index is 2.44. The standard InChI is InChI=1S/C62H43N/c1-6-20-44(21-7-1)50-36-40-53(58(42-50)46-24-10-3-11-25-46)47-34-37-51(38-35-47)63(60-33-19-18-30-54(60)45-22-8-2-9-23-45)52-39-41-56-55-31-16-17-32-57(55)61(48-26-12-4-13-27-48)62(59(56)43-52)49-28-14-5-15-29-49/h1-43H. The fourth-order valence-corrected chi connectivity index (χ4v) is 9.34. The van der Waals surface area contributed by atoms with Crippen LogP contribution in [-0.2, 0) is 0 Å². The van der Waals surface area contributed by atoms with Gasteiger partial charge in [0.25, 0.3) is 0 Å². The Labute approximate surface area is 369 Å². The van der Waals surface area contributed by atoms with Gasteiger partial charge in [-0.05, 0) is 119 Å². The fourth-order valence-electron chi connectivity index (χ4n) is 9.34. The molecule has 0 atom stereocenters. The average molecular weight is 802 g/mol. The van der Waals surface area contributed by atoms with Crippen LogP contribution in [0.3, 0.4) is 0 Å². The van der Waals surface area contributed by atoms with Crippen LogP contribution in [-0.4, -0.2) is 0 Å². The topological polar surface area (TPSA) is 3.24 Å². The summed E-state index contributed by atoms with van der Waals surface area (Å²) in [5.41, 5.74) is 17.7. The molecule has 0 aliphatic rings. The molecule has 11 aromatic carbocycles. The Morgan fingerprint density at radius 1 is 0.206 bits per heavy atom. The summed E-state index contributed by atoms with van der Waals surface area (Å²) in [5.74, 6) is 0. The van der Waals surface area contributed by atoms with E-state index in [-0.39, 0.29) is 0 Å². The van der Waals surface area contributed by atoms with Crippen LogP contribution in [0.15, 0.2) is 261 Å². The number of para-hydroxylation sites is 1. The maximum atomic E-state index is 2.44. The molecule has 0 unspecified atom stereocenters. The molecule has 63 heavy (non-hydrogen) atoms. The van der Waals surface area contributed by atoms with Crippen LogP contribution < -0.4 is 4.90 Å². The summed E-state index contributed by atoms with van der Waals surface area (Å²) in [6.07, 6.45) is 0. The zero-order chi connectivity index (χ0) is 42.0. The first-order valence-electron chi connectivity index (χ1n) is 21.7. The highest BCUT2D eigenvalue weighted by molar-refractivity contribution is 6.22. The van der Waals surface area contributed by atoms with Crippen LogP contribution in [0.25, 0.3) is 88.3 Å². The minimum Gasteiger partial charge on any atom is -0.310 e. The summed E-state index contributed by atoms with van der Waals surface area (Å²) in [7, 11) is 0. The third-order valence-corrected chi connectivity index (χ3v) is 12.3. The van der Waals surface area contributed by atoms with Crippen molar-refractivity contribution >= 4 is 38.6 Å². The molecule has 0 fully saturated rings. The minimum atomic E-state index is 1.08. The van der Waals surface area contributed by atoms with Crippen molar-refractivity contribution in [3.05, 3.63) is 261 Å². The van der Waals surface area contributed by atoms with Gasteiger partial charge in [-0.15, -0.1) is 0 Å². The Bertz CT molecular complexity index is 3340. The van der Waals surface area contributed by atoms with E-state index in [2.05, 4.69) is 266 Å². The second-order valence-electron chi connectivity index (χ2n) is 16.0. The Kier molecular flexibility index (Phi) is 9.97. The van der Waals surface area contributed by atoms with Gasteiger partial charge in [-0.1, -0.05) is 224 Å². The molecule has 1 heteroatoms. The first-order valence-corrected chi connectivity index (χ1v) is 21.7. The van der Waals surface area contributed by atoms with Crippen LogP contribution in [0.2, 0.25) is 0 Å². The number of hydrogen-bond acceptors (Lipinski definition) is 1. The van der Waals surface area contributed by atoms with Crippen molar-refractivity contribution in [3.8, 4) is 66.8 Å². The molecule has 0 bridgehead atoms. The molecule has 11 rings (SSSR count). The van der Waals surface area contributed by atoms with Crippen molar-refractivity contribution in [2.24, 2.45) is 0 Å². The van der Waals surface area contributed by atoms with E-state index in [0.29, 0.717) is 0 Å². The van der Waals surface area contributed by atoms with Gasteiger partial charge < -0.3 is 4.90 Å². The van der Waals surface area contributed by atoms with Crippen LogP contribution in [0, 0.1) is 0 Å². The number of benzene rings is 11. The third-order valence-electron chi connectivity index (χ3n) is 12.3. The SMILES string of the molecule is c1ccc(-c2ccc(-c3ccc(N(c4ccc5c(c4)c(-c4ccccc4)c(-c4ccccc4)c4ccccc45)c4ccccc4-c4ccccc4)cc3)c(-c3ccccc3)c2)cc1. The summed E-state index contributed by atoms with van der Waals surface area (Å²) in [6, 6.07) is 94.6. The van der Waals surface area contributed by atoms with Gasteiger partial charge in [0, 0.05) is 16.9 Å². The van der Waals surface area contributed by atoms with Gasteiger partial charge in [0.1, 0.15) is 0 Å². The van der Waals surface area contributed by atoms with Gasteiger partial charge in [-0.2, -0.15) is 0 Å². The summed E-state index contributed by atoms with van der Waals surface area (Å²) < 4.78 is 0. The Balaban J connectivity index is 1.13. The highest BCUT2D eigenvalue weighted by Crippen LogP contribution is 2.48. The number of anilines is 3. The van der Waals surface area contributed by atoms with Crippen molar-refractivity contribution in [2.75, 3.05) is 4.90 Å². The molecule has 1 nitrogen and oxygen atoms in total. The molecule has 11 aromatic rings. The normalized spacial score (nSPS) is 11.2. The Morgan fingerprint density at radius 2 is 0.635 bits per heavy atom. The van der Waals surface area contributed by atoms with E-state index in [1.807, 2.05) is 0 Å². The molecule has 0 N–H and O–H groups in total. The molecule has 0 radical (unpaired) electrons. The van der Waals surface area contributed by atoms with Crippen LogP contribution in [0.5, 0.6) is 0 Å². The van der Waals surface area contributed by atoms with Crippen LogP contribution >= 0.6 is 0 Å². The molecule has 296 valence electrons. The summed E-state index contributed by atoms with van der Waals surface area (Å²) in [4.78, 5) is 2.44. The van der Waals surface area contributed by atoms with E-state index >= 15 is 0 Å². The first-order chi connectivity index (χ1) is 31.3. The number of rotatable bonds is 9. The average Bonchev–Trinajstić information content (AvgIpc) is 3.37. The maximum Gasteiger partial charge on any atom is 0.0540 e. The molecule has 0 saturated carbocycles.